The first-order valence-electron chi connectivity index (χ1n) is 5.14. The van der Waals surface area contributed by atoms with Crippen molar-refractivity contribution in [2.45, 2.75) is 19.4 Å². The number of aliphatic hydroxyl groups excluding tert-OH is 1. The lowest BCUT2D eigenvalue weighted by molar-refractivity contribution is -0.125. The number of carbonyl (C=O) groups excluding carboxylic acids is 1. The van der Waals surface area contributed by atoms with E-state index >= 15 is 0 Å². The summed E-state index contributed by atoms with van der Waals surface area (Å²) in [5.41, 5.74) is 0.613. The van der Waals surface area contributed by atoms with Crippen molar-refractivity contribution in [2.75, 3.05) is 14.2 Å². The van der Waals surface area contributed by atoms with Crippen molar-refractivity contribution in [1.29, 1.82) is 0 Å². The van der Waals surface area contributed by atoms with Crippen LogP contribution in [0.1, 0.15) is 12.5 Å². The SMILES string of the molecule is COc1cc(CC(=O)C(C)O)cc(OC)c1O. The number of phenols is 1. The predicted octanol–water partition coefficient (Wildman–Crippen LogP) is 0.902. The second-order valence-electron chi connectivity index (χ2n) is 3.67. The molecular weight excluding hydrogens is 224 g/mol. The molecule has 0 aliphatic heterocycles. The van der Waals surface area contributed by atoms with E-state index in [0.717, 1.165) is 0 Å². The Hall–Kier alpha value is -1.75. The van der Waals surface area contributed by atoms with Crippen molar-refractivity contribution in [2.24, 2.45) is 0 Å². The molecule has 1 rings (SSSR count). The van der Waals surface area contributed by atoms with Crippen molar-refractivity contribution in [3.8, 4) is 17.2 Å². The Labute approximate surface area is 99.6 Å². The van der Waals surface area contributed by atoms with Crippen LogP contribution in [-0.2, 0) is 11.2 Å². The van der Waals surface area contributed by atoms with Gasteiger partial charge >= 0.3 is 0 Å². The highest BCUT2D eigenvalue weighted by molar-refractivity contribution is 5.84. The number of rotatable bonds is 5. The Kier molecular flexibility index (Phi) is 4.34. The van der Waals surface area contributed by atoms with Crippen LogP contribution in [0.25, 0.3) is 0 Å². The number of aliphatic hydroxyl groups is 1. The molecule has 0 amide bonds. The summed E-state index contributed by atoms with van der Waals surface area (Å²) in [4.78, 5) is 11.4. The molecule has 0 aliphatic carbocycles. The molecule has 0 aliphatic rings. The molecule has 0 fully saturated rings. The smallest absolute Gasteiger partial charge is 0.200 e. The zero-order valence-corrected chi connectivity index (χ0v) is 10.1. The van der Waals surface area contributed by atoms with Gasteiger partial charge in [0.1, 0.15) is 6.10 Å². The predicted molar refractivity (Wildman–Crippen MR) is 61.6 cm³/mol. The van der Waals surface area contributed by atoms with Gasteiger partial charge in [0.25, 0.3) is 0 Å². The highest BCUT2D eigenvalue weighted by Crippen LogP contribution is 2.37. The maximum atomic E-state index is 11.4. The fraction of sp³-hybridized carbons (Fsp3) is 0.417. The van der Waals surface area contributed by atoms with E-state index in [1.807, 2.05) is 0 Å². The lowest BCUT2D eigenvalue weighted by atomic mass is 10.1. The average molecular weight is 240 g/mol. The number of aromatic hydroxyl groups is 1. The minimum atomic E-state index is -1.01. The van der Waals surface area contributed by atoms with E-state index in [9.17, 15) is 9.90 Å². The molecule has 1 aromatic carbocycles. The molecule has 0 aromatic heterocycles. The number of ketones is 1. The fourth-order valence-electron chi connectivity index (χ4n) is 1.40. The molecule has 1 unspecified atom stereocenters. The second kappa shape index (κ2) is 5.54. The standard InChI is InChI=1S/C12H16O5/c1-7(13)9(14)4-8-5-10(16-2)12(15)11(6-8)17-3/h5-7,13,15H,4H2,1-3H3. The molecular formula is C12H16O5. The first-order valence-corrected chi connectivity index (χ1v) is 5.14. The maximum Gasteiger partial charge on any atom is 0.200 e. The number of phenolic OH excluding ortho intramolecular Hbond substituents is 1. The molecule has 0 bridgehead atoms. The Morgan fingerprint density at radius 1 is 1.29 bits per heavy atom. The summed E-state index contributed by atoms with van der Waals surface area (Å²) in [6, 6.07) is 3.08. The quantitative estimate of drug-likeness (QED) is 0.799. The highest BCUT2D eigenvalue weighted by atomic mass is 16.5. The van der Waals surface area contributed by atoms with Gasteiger partial charge in [0.15, 0.2) is 17.3 Å². The topological polar surface area (TPSA) is 76.0 Å². The third-order valence-corrected chi connectivity index (χ3v) is 2.38. The van der Waals surface area contributed by atoms with Crippen LogP contribution in [0.15, 0.2) is 12.1 Å². The third kappa shape index (κ3) is 3.10. The van der Waals surface area contributed by atoms with Gasteiger partial charge in [0, 0.05) is 6.42 Å². The number of carbonyl (C=O) groups is 1. The molecule has 0 saturated carbocycles. The molecule has 0 spiro atoms. The van der Waals surface area contributed by atoms with Crippen molar-refractivity contribution >= 4 is 5.78 Å². The van der Waals surface area contributed by atoms with Gasteiger partial charge in [-0.3, -0.25) is 4.79 Å². The van der Waals surface area contributed by atoms with Crippen LogP contribution in [0.4, 0.5) is 0 Å². The molecule has 94 valence electrons. The lowest BCUT2D eigenvalue weighted by Gasteiger charge is -2.11. The van der Waals surface area contributed by atoms with Gasteiger partial charge in [-0.2, -0.15) is 0 Å². The van der Waals surface area contributed by atoms with Crippen LogP contribution in [0, 0.1) is 0 Å². The molecule has 5 nitrogen and oxygen atoms in total. The van der Waals surface area contributed by atoms with Gasteiger partial charge in [-0.15, -0.1) is 0 Å². The largest absolute Gasteiger partial charge is 0.502 e. The molecule has 2 N–H and O–H groups in total. The zero-order chi connectivity index (χ0) is 13.0. The minimum absolute atomic E-state index is 0.0602. The van der Waals surface area contributed by atoms with Gasteiger partial charge in [-0.25, -0.2) is 0 Å². The van der Waals surface area contributed by atoms with Crippen molar-refractivity contribution in [3.63, 3.8) is 0 Å². The summed E-state index contributed by atoms with van der Waals surface area (Å²) in [7, 11) is 2.82. The number of benzene rings is 1. The van der Waals surface area contributed by atoms with Crippen LogP contribution in [0.2, 0.25) is 0 Å². The van der Waals surface area contributed by atoms with E-state index in [4.69, 9.17) is 14.6 Å². The van der Waals surface area contributed by atoms with Gasteiger partial charge in [-0.05, 0) is 24.6 Å². The van der Waals surface area contributed by atoms with Gasteiger partial charge in [-0.1, -0.05) is 0 Å². The summed E-state index contributed by atoms with van der Waals surface area (Å²) >= 11 is 0. The van der Waals surface area contributed by atoms with Crippen molar-refractivity contribution < 1.29 is 24.5 Å². The molecule has 17 heavy (non-hydrogen) atoms. The number of ether oxygens (including phenoxy) is 2. The van der Waals surface area contributed by atoms with Gasteiger partial charge in [0.2, 0.25) is 5.75 Å². The summed E-state index contributed by atoms with van der Waals surface area (Å²) < 4.78 is 9.93. The summed E-state index contributed by atoms with van der Waals surface area (Å²) in [6.07, 6.45) is -0.953. The molecule has 0 heterocycles. The zero-order valence-electron chi connectivity index (χ0n) is 10.1. The number of hydrogen-bond acceptors (Lipinski definition) is 5. The monoisotopic (exact) mass is 240 g/mol. The number of hydrogen-bond donors (Lipinski definition) is 2. The normalized spacial score (nSPS) is 12.0. The van der Waals surface area contributed by atoms with E-state index in [1.54, 1.807) is 0 Å². The average Bonchev–Trinajstić information content (AvgIpc) is 2.30. The fourth-order valence-corrected chi connectivity index (χ4v) is 1.40. The van der Waals surface area contributed by atoms with Crippen LogP contribution in [0.5, 0.6) is 17.2 Å². The minimum Gasteiger partial charge on any atom is -0.502 e. The summed E-state index contributed by atoms with van der Waals surface area (Å²) in [6.45, 7) is 1.41. The van der Waals surface area contributed by atoms with Crippen molar-refractivity contribution in [1.82, 2.24) is 0 Å². The van der Waals surface area contributed by atoms with E-state index < -0.39 is 6.10 Å². The maximum absolute atomic E-state index is 11.4. The van der Waals surface area contributed by atoms with E-state index in [2.05, 4.69) is 0 Å². The molecule has 0 radical (unpaired) electrons. The highest BCUT2D eigenvalue weighted by Gasteiger charge is 2.15. The molecule has 1 aromatic rings. The summed E-state index contributed by atoms with van der Waals surface area (Å²) in [5, 5.41) is 18.8. The number of methoxy groups -OCH3 is 2. The molecule has 0 saturated heterocycles. The Bertz CT molecular complexity index is 386. The first kappa shape index (κ1) is 13.3. The number of Topliss-reactive ketones (excluding diaryl/α,β-unsaturated/α-hetero) is 1. The third-order valence-electron chi connectivity index (χ3n) is 2.38. The Morgan fingerprint density at radius 3 is 2.12 bits per heavy atom. The summed E-state index contributed by atoms with van der Waals surface area (Å²) in [5.74, 6) is 0.0542. The van der Waals surface area contributed by atoms with Crippen LogP contribution in [-0.4, -0.2) is 36.3 Å². The van der Waals surface area contributed by atoms with Gasteiger partial charge in [0.05, 0.1) is 14.2 Å². The molecule has 1 atom stereocenters. The lowest BCUT2D eigenvalue weighted by Crippen LogP contribution is -2.18. The molecule has 5 heteroatoms. The Balaban J connectivity index is 3.05. The van der Waals surface area contributed by atoms with E-state index in [0.29, 0.717) is 5.56 Å². The van der Waals surface area contributed by atoms with Crippen molar-refractivity contribution in [3.05, 3.63) is 17.7 Å². The van der Waals surface area contributed by atoms with Crippen LogP contribution < -0.4 is 9.47 Å². The van der Waals surface area contributed by atoms with Crippen LogP contribution in [0.3, 0.4) is 0 Å². The van der Waals surface area contributed by atoms with Crippen LogP contribution >= 0.6 is 0 Å². The van der Waals surface area contributed by atoms with Gasteiger partial charge < -0.3 is 19.7 Å². The van der Waals surface area contributed by atoms with E-state index in [1.165, 1.54) is 33.3 Å². The first-order chi connectivity index (χ1) is 7.99. The second-order valence-corrected chi connectivity index (χ2v) is 3.67. The Morgan fingerprint density at radius 2 is 1.76 bits per heavy atom. The van der Waals surface area contributed by atoms with E-state index in [-0.39, 0.29) is 29.5 Å².